The lowest BCUT2D eigenvalue weighted by molar-refractivity contribution is -0.115. The summed E-state index contributed by atoms with van der Waals surface area (Å²) in [6.45, 7) is 4.59. The first-order valence-electron chi connectivity index (χ1n) is 10.5. The van der Waals surface area contributed by atoms with Crippen LogP contribution in [0.5, 0.6) is 0 Å². The number of amides is 1. The van der Waals surface area contributed by atoms with Gasteiger partial charge in [0, 0.05) is 16.0 Å². The summed E-state index contributed by atoms with van der Waals surface area (Å²) < 4.78 is 0. The summed E-state index contributed by atoms with van der Waals surface area (Å²) in [6.07, 6.45) is 3.61. The van der Waals surface area contributed by atoms with E-state index < -0.39 is 0 Å². The zero-order chi connectivity index (χ0) is 22.0. The molecule has 164 valence electrons. The molecule has 31 heavy (non-hydrogen) atoms. The van der Waals surface area contributed by atoms with Crippen LogP contribution in [-0.4, -0.2) is 36.3 Å². The third-order valence-electron chi connectivity index (χ3n) is 5.90. The number of hydrogen-bond donors (Lipinski definition) is 1. The highest BCUT2D eigenvalue weighted by atomic mass is 35.5. The second-order valence-corrected chi connectivity index (χ2v) is 9.33. The molecule has 2 aliphatic rings. The zero-order valence-corrected chi connectivity index (χ0v) is 19.6. The van der Waals surface area contributed by atoms with Gasteiger partial charge in [0.25, 0.3) is 5.91 Å². The molecule has 1 saturated heterocycles. The van der Waals surface area contributed by atoms with Crippen molar-refractivity contribution in [2.24, 2.45) is 11.0 Å². The third-order valence-corrected chi connectivity index (χ3v) is 6.69. The first kappa shape index (κ1) is 22.4. The number of carbonyl (C=O) groups excluding carboxylic acids is 1. The molecule has 1 N–H and O–H groups in total. The van der Waals surface area contributed by atoms with Gasteiger partial charge in [-0.15, -0.1) is 0 Å². The molecule has 0 aliphatic carbocycles. The van der Waals surface area contributed by atoms with Gasteiger partial charge in [0.15, 0.2) is 0 Å². The largest absolute Gasteiger partial charge is 0.338 e. The predicted molar refractivity (Wildman–Crippen MR) is 128 cm³/mol. The molecule has 0 radical (unpaired) electrons. The van der Waals surface area contributed by atoms with Crippen molar-refractivity contribution in [2.45, 2.75) is 32.2 Å². The number of hydrogen-bond acceptors (Lipinski definition) is 4. The Balaban J connectivity index is 1.62. The molecule has 2 aromatic carbocycles. The molecule has 0 saturated carbocycles. The van der Waals surface area contributed by atoms with Gasteiger partial charge in [0.2, 0.25) is 0 Å². The lowest BCUT2D eigenvalue weighted by Crippen LogP contribution is -2.43. The van der Waals surface area contributed by atoms with Crippen LogP contribution in [0.15, 0.2) is 47.6 Å². The van der Waals surface area contributed by atoms with E-state index in [0.717, 1.165) is 18.7 Å². The molecule has 4 rings (SSSR count). The Hall–Kier alpha value is -1.79. The van der Waals surface area contributed by atoms with Crippen LogP contribution in [-0.2, 0) is 4.79 Å². The lowest BCUT2D eigenvalue weighted by Gasteiger charge is -2.28. The van der Waals surface area contributed by atoms with E-state index in [2.05, 4.69) is 10.2 Å². The normalized spacial score (nSPS) is 21.8. The summed E-state index contributed by atoms with van der Waals surface area (Å²) in [7, 11) is 0. The second-order valence-electron chi connectivity index (χ2n) is 8.05. The molecular formula is C23H25Cl3N4O. The number of piperidine rings is 1. The Kier molecular flexibility index (Phi) is 7.07. The van der Waals surface area contributed by atoms with Crippen molar-refractivity contribution < 1.29 is 4.79 Å². The highest BCUT2D eigenvalue weighted by molar-refractivity contribution is 6.41. The van der Waals surface area contributed by atoms with Crippen LogP contribution in [0.2, 0.25) is 15.1 Å². The molecule has 5 nitrogen and oxygen atoms in total. The van der Waals surface area contributed by atoms with Gasteiger partial charge in [-0.25, -0.2) is 0 Å². The molecule has 1 fully saturated rings. The maximum Gasteiger partial charge on any atom is 0.268 e. The number of carbonyl (C=O) groups is 1. The van der Waals surface area contributed by atoms with Crippen molar-refractivity contribution in [3.8, 4) is 0 Å². The van der Waals surface area contributed by atoms with E-state index in [0.29, 0.717) is 33.1 Å². The second kappa shape index (κ2) is 9.78. The smallest absolute Gasteiger partial charge is 0.268 e. The highest BCUT2D eigenvalue weighted by Gasteiger charge is 2.40. The summed E-state index contributed by atoms with van der Waals surface area (Å²) in [5.41, 5.74) is 2.20. The van der Waals surface area contributed by atoms with E-state index in [1.165, 1.54) is 19.3 Å². The lowest BCUT2D eigenvalue weighted by atomic mass is 9.91. The minimum atomic E-state index is -0.188. The Morgan fingerprint density at radius 3 is 2.39 bits per heavy atom. The van der Waals surface area contributed by atoms with Crippen LogP contribution >= 0.6 is 34.8 Å². The first-order chi connectivity index (χ1) is 14.9. The molecule has 2 aliphatic heterocycles. The van der Waals surface area contributed by atoms with E-state index in [4.69, 9.17) is 39.9 Å². The van der Waals surface area contributed by atoms with Gasteiger partial charge in [-0.05, 0) is 61.8 Å². The SMILES string of the molecule is CC1C(C(=O)NCN2CCCCC2)=NN(c2ccc(Cl)cc2Cl)C1c1ccc(Cl)cc1. The van der Waals surface area contributed by atoms with Crippen molar-refractivity contribution in [1.82, 2.24) is 10.2 Å². The standard InChI is InChI=1S/C23H25Cl3N4O/c1-15-21(23(31)27-14-29-11-3-2-4-12-29)28-30(20-10-9-18(25)13-19(20)26)22(15)16-5-7-17(24)8-6-16/h5-10,13,15,22H,2-4,11-12,14H2,1H3,(H,27,31). The van der Waals surface area contributed by atoms with Gasteiger partial charge in [0.05, 0.1) is 23.4 Å². The summed E-state index contributed by atoms with van der Waals surface area (Å²) in [5.74, 6) is -0.293. The van der Waals surface area contributed by atoms with E-state index in [1.54, 1.807) is 12.1 Å². The molecule has 0 bridgehead atoms. The Morgan fingerprint density at radius 2 is 1.71 bits per heavy atom. The van der Waals surface area contributed by atoms with Gasteiger partial charge in [-0.1, -0.05) is 60.3 Å². The van der Waals surface area contributed by atoms with E-state index >= 15 is 0 Å². The van der Waals surface area contributed by atoms with Gasteiger partial charge >= 0.3 is 0 Å². The van der Waals surface area contributed by atoms with Gasteiger partial charge in [0.1, 0.15) is 5.71 Å². The number of benzene rings is 2. The number of likely N-dealkylation sites (tertiary alicyclic amines) is 1. The number of nitrogens with one attached hydrogen (secondary N) is 1. The van der Waals surface area contributed by atoms with Gasteiger partial charge in [-0.2, -0.15) is 5.10 Å². The van der Waals surface area contributed by atoms with Crippen LogP contribution in [0.3, 0.4) is 0 Å². The molecule has 2 heterocycles. The predicted octanol–water partition coefficient (Wildman–Crippen LogP) is 5.76. The van der Waals surface area contributed by atoms with E-state index in [9.17, 15) is 4.79 Å². The summed E-state index contributed by atoms with van der Waals surface area (Å²) in [5, 5.41) is 11.3. The summed E-state index contributed by atoms with van der Waals surface area (Å²) in [4.78, 5) is 15.3. The minimum Gasteiger partial charge on any atom is -0.338 e. The maximum absolute atomic E-state index is 13.1. The fraction of sp³-hybridized carbons (Fsp3) is 0.391. The fourth-order valence-electron chi connectivity index (χ4n) is 4.24. The fourth-order valence-corrected chi connectivity index (χ4v) is 4.86. The molecule has 1 amide bonds. The van der Waals surface area contributed by atoms with Crippen molar-refractivity contribution in [2.75, 3.05) is 24.8 Å². The Labute approximate surface area is 197 Å². The van der Waals surface area contributed by atoms with E-state index in [-0.39, 0.29) is 17.9 Å². The van der Waals surface area contributed by atoms with Crippen molar-refractivity contribution >= 4 is 52.1 Å². The topological polar surface area (TPSA) is 47.9 Å². The number of hydrazone groups is 1. The van der Waals surface area contributed by atoms with Crippen LogP contribution in [0, 0.1) is 5.92 Å². The molecular weight excluding hydrogens is 455 g/mol. The van der Waals surface area contributed by atoms with Crippen LogP contribution < -0.4 is 10.3 Å². The zero-order valence-electron chi connectivity index (χ0n) is 17.3. The minimum absolute atomic E-state index is 0.144. The average Bonchev–Trinajstić information content (AvgIpc) is 3.10. The third kappa shape index (κ3) is 5.01. The van der Waals surface area contributed by atoms with Crippen molar-refractivity contribution in [3.05, 3.63) is 63.1 Å². The maximum atomic E-state index is 13.1. The molecule has 2 aromatic rings. The van der Waals surface area contributed by atoms with Crippen LogP contribution in [0.4, 0.5) is 5.69 Å². The summed E-state index contributed by atoms with van der Waals surface area (Å²) in [6, 6.07) is 12.7. The molecule has 8 heteroatoms. The number of anilines is 1. The van der Waals surface area contributed by atoms with Crippen molar-refractivity contribution in [3.63, 3.8) is 0 Å². The van der Waals surface area contributed by atoms with Crippen LogP contribution in [0.1, 0.15) is 37.8 Å². The number of nitrogens with zero attached hydrogens (tertiary/aromatic N) is 3. The van der Waals surface area contributed by atoms with Gasteiger partial charge in [-0.3, -0.25) is 14.7 Å². The summed E-state index contributed by atoms with van der Waals surface area (Å²) >= 11 is 18.7. The Bertz CT molecular complexity index is 973. The number of halogens is 3. The molecule has 0 aromatic heterocycles. The quantitative estimate of drug-likeness (QED) is 0.593. The molecule has 0 spiro atoms. The molecule has 2 unspecified atom stereocenters. The van der Waals surface area contributed by atoms with Crippen LogP contribution in [0.25, 0.3) is 0 Å². The number of rotatable bonds is 5. The first-order valence-corrected chi connectivity index (χ1v) is 11.7. The average molecular weight is 480 g/mol. The van der Waals surface area contributed by atoms with Crippen molar-refractivity contribution in [1.29, 1.82) is 0 Å². The molecule has 2 atom stereocenters. The monoisotopic (exact) mass is 478 g/mol. The highest BCUT2D eigenvalue weighted by Crippen LogP contribution is 2.42. The van der Waals surface area contributed by atoms with E-state index in [1.807, 2.05) is 42.3 Å². The van der Waals surface area contributed by atoms with Gasteiger partial charge < -0.3 is 5.32 Å². The Morgan fingerprint density at radius 1 is 1.03 bits per heavy atom.